The Hall–Kier alpha value is -0.750. The molecule has 0 aromatic rings. The van der Waals surface area contributed by atoms with Crippen LogP contribution in [0.5, 0.6) is 0 Å². The number of piperidine rings is 2. The van der Waals surface area contributed by atoms with E-state index in [0.717, 1.165) is 51.2 Å². The number of carbonyl (C=O) groups excluding carboxylic acids is 2. The van der Waals surface area contributed by atoms with Crippen molar-refractivity contribution in [1.82, 2.24) is 14.7 Å². The van der Waals surface area contributed by atoms with Gasteiger partial charge in [0.05, 0.1) is 6.04 Å². The molecule has 0 spiro atoms. The SMILES string of the molecule is CC(=O)N1CCC(C(=O)N2CCCSCC2CN2CCCCC2)CC1. The number of rotatable bonds is 3. The van der Waals surface area contributed by atoms with E-state index < -0.39 is 0 Å². The summed E-state index contributed by atoms with van der Waals surface area (Å²) in [5.41, 5.74) is 0. The van der Waals surface area contributed by atoms with E-state index in [1.807, 2.05) is 16.7 Å². The molecule has 0 N–H and O–H groups in total. The van der Waals surface area contributed by atoms with Crippen LogP contribution in [0.1, 0.15) is 45.4 Å². The van der Waals surface area contributed by atoms with Crippen molar-refractivity contribution < 1.29 is 9.59 Å². The minimum atomic E-state index is 0.113. The third kappa shape index (κ3) is 5.13. The predicted molar refractivity (Wildman–Crippen MR) is 103 cm³/mol. The molecule has 3 saturated heterocycles. The summed E-state index contributed by atoms with van der Waals surface area (Å²) >= 11 is 2.01. The Morgan fingerprint density at radius 1 is 0.960 bits per heavy atom. The molecule has 25 heavy (non-hydrogen) atoms. The fourth-order valence-electron chi connectivity index (χ4n) is 4.39. The molecule has 0 aliphatic carbocycles. The first-order valence-electron chi connectivity index (χ1n) is 10.0. The van der Waals surface area contributed by atoms with Crippen LogP contribution in [0.2, 0.25) is 0 Å². The van der Waals surface area contributed by atoms with Crippen molar-refractivity contribution in [2.75, 3.05) is 50.8 Å². The summed E-state index contributed by atoms with van der Waals surface area (Å²) in [6.45, 7) is 7.46. The topological polar surface area (TPSA) is 43.9 Å². The Balaban J connectivity index is 1.60. The van der Waals surface area contributed by atoms with Crippen LogP contribution in [-0.4, -0.2) is 83.3 Å². The summed E-state index contributed by atoms with van der Waals surface area (Å²) in [5.74, 6) is 2.85. The van der Waals surface area contributed by atoms with Gasteiger partial charge in [0.25, 0.3) is 0 Å². The number of thioether (sulfide) groups is 1. The fraction of sp³-hybridized carbons (Fsp3) is 0.895. The van der Waals surface area contributed by atoms with Crippen LogP contribution in [0.25, 0.3) is 0 Å². The first kappa shape index (κ1) is 19.0. The van der Waals surface area contributed by atoms with E-state index in [2.05, 4.69) is 9.80 Å². The van der Waals surface area contributed by atoms with Crippen LogP contribution >= 0.6 is 11.8 Å². The van der Waals surface area contributed by atoms with Gasteiger partial charge >= 0.3 is 0 Å². The second-order valence-corrected chi connectivity index (χ2v) is 8.91. The maximum Gasteiger partial charge on any atom is 0.226 e. The lowest BCUT2D eigenvalue weighted by molar-refractivity contribution is -0.142. The molecule has 3 aliphatic heterocycles. The third-order valence-electron chi connectivity index (χ3n) is 5.93. The van der Waals surface area contributed by atoms with Crippen molar-refractivity contribution in [2.24, 2.45) is 5.92 Å². The molecule has 6 heteroatoms. The zero-order chi connectivity index (χ0) is 17.6. The minimum Gasteiger partial charge on any atom is -0.343 e. The molecule has 1 atom stereocenters. The summed E-state index contributed by atoms with van der Waals surface area (Å²) in [7, 11) is 0. The second kappa shape index (κ2) is 9.26. The molecule has 0 radical (unpaired) electrons. The van der Waals surface area contributed by atoms with Gasteiger partial charge in [0, 0.05) is 44.8 Å². The Bertz CT molecular complexity index is 460. The predicted octanol–water partition coefficient (Wildman–Crippen LogP) is 2.06. The van der Waals surface area contributed by atoms with Gasteiger partial charge in [-0.2, -0.15) is 11.8 Å². The molecule has 3 rings (SSSR count). The first-order valence-corrected chi connectivity index (χ1v) is 11.2. The zero-order valence-electron chi connectivity index (χ0n) is 15.6. The Kier molecular flexibility index (Phi) is 7.05. The smallest absolute Gasteiger partial charge is 0.226 e. The van der Waals surface area contributed by atoms with Crippen molar-refractivity contribution in [2.45, 2.75) is 51.5 Å². The number of carbonyl (C=O) groups is 2. The number of hydrogen-bond acceptors (Lipinski definition) is 4. The average Bonchev–Trinajstić information content (AvgIpc) is 2.87. The van der Waals surface area contributed by atoms with Gasteiger partial charge in [-0.3, -0.25) is 9.59 Å². The van der Waals surface area contributed by atoms with Gasteiger partial charge in [-0.15, -0.1) is 0 Å². The van der Waals surface area contributed by atoms with E-state index in [9.17, 15) is 9.59 Å². The van der Waals surface area contributed by atoms with Crippen LogP contribution in [0.4, 0.5) is 0 Å². The van der Waals surface area contributed by atoms with Gasteiger partial charge in [-0.05, 0) is 50.9 Å². The molecule has 0 aromatic heterocycles. The fourth-order valence-corrected chi connectivity index (χ4v) is 5.44. The van der Waals surface area contributed by atoms with Crippen molar-refractivity contribution in [3.05, 3.63) is 0 Å². The summed E-state index contributed by atoms with van der Waals surface area (Å²) in [6.07, 6.45) is 6.73. The van der Waals surface area contributed by atoms with Gasteiger partial charge in [-0.1, -0.05) is 6.42 Å². The van der Waals surface area contributed by atoms with Gasteiger partial charge in [-0.25, -0.2) is 0 Å². The highest BCUT2D eigenvalue weighted by Gasteiger charge is 2.34. The first-order chi connectivity index (χ1) is 12.1. The third-order valence-corrected chi connectivity index (χ3v) is 7.13. The highest BCUT2D eigenvalue weighted by molar-refractivity contribution is 7.99. The lowest BCUT2D eigenvalue weighted by Gasteiger charge is -2.39. The highest BCUT2D eigenvalue weighted by Crippen LogP contribution is 2.25. The summed E-state index contributed by atoms with van der Waals surface area (Å²) in [4.78, 5) is 31.4. The molecular weight excluding hydrogens is 334 g/mol. The lowest BCUT2D eigenvalue weighted by atomic mass is 9.94. The summed E-state index contributed by atoms with van der Waals surface area (Å²) in [5, 5.41) is 0. The maximum atomic E-state index is 13.2. The number of amides is 2. The lowest BCUT2D eigenvalue weighted by Crippen LogP contribution is -2.52. The molecule has 3 aliphatic rings. The summed E-state index contributed by atoms with van der Waals surface area (Å²) < 4.78 is 0. The quantitative estimate of drug-likeness (QED) is 0.766. The van der Waals surface area contributed by atoms with Crippen LogP contribution in [0, 0.1) is 5.92 Å². The van der Waals surface area contributed by atoms with Gasteiger partial charge in [0.1, 0.15) is 0 Å². The van der Waals surface area contributed by atoms with E-state index in [1.54, 1.807) is 6.92 Å². The number of likely N-dealkylation sites (tertiary alicyclic amines) is 2. The van der Waals surface area contributed by atoms with Crippen LogP contribution in [0.15, 0.2) is 0 Å². The number of nitrogens with zero attached hydrogens (tertiary/aromatic N) is 3. The van der Waals surface area contributed by atoms with E-state index in [-0.39, 0.29) is 11.8 Å². The van der Waals surface area contributed by atoms with Crippen molar-refractivity contribution in [3.8, 4) is 0 Å². The van der Waals surface area contributed by atoms with E-state index in [0.29, 0.717) is 11.9 Å². The standard InChI is InChI=1S/C19H33N3O2S/c1-16(23)21-11-6-17(7-12-21)19(24)22-10-5-13-25-15-18(22)14-20-8-3-2-4-9-20/h17-18H,2-15H2,1H3. The van der Waals surface area contributed by atoms with E-state index in [1.165, 1.54) is 38.1 Å². The molecule has 0 saturated carbocycles. The van der Waals surface area contributed by atoms with Gasteiger partial charge in [0.2, 0.25) is 11.8 Å². The van der Waals surface area contributed by atoms with Crippen molar-refractivity contribution in [1.29, 1.82) is 0 Å². The molecule has 142 valence electrons. The molecular formula is C19H33N3O2S. The Morgan fingerprint density at radius 3 is 2.36 bits per heavy atom. The highest BCUT2D eigenvalue weighted by atomic mass is 32.2. The monoisotopic (exact) mass is 367 g/mol. The van der Waals surface area contributed by atoms with Crippen LogP contribution in [0.3, 0.4) is 0 Å². The van der Waals surface area contributed by atoms with Crippen molar-refractivity contribution in [3.63, 3.8) is 0 Å². The van der Waals surface area contributed by atoms with Crippen LogP contribution in [-0.2, 0) is 9.59 Å². The minimum absolute atomic E-state index is 0.113. The molecule has 2 amide bonds. The Labute approximate surface area is 156 Å². The Morgan fingerprint density at radius 2 is 1.68 bits per heavy atom. The second-order valence-electron chi connectivity index (χ2n) is 7.76. The summed E-state index contributed by atoms with van der Waals surface area (Å²) in [6, 6.07) is 0.365. The number of hydrogen-bond donors (Lipinski definition) is 0. The molecule has 3 fully saturated rings. The molecule has 0 bridgehead atoms. The van der Waals surface area contributed by atoms with Gasteiger partial charge < -0.3 is 14.7 Å². The van der Waals surface area contributed by atoms with E-state index in [4.69, 9.17) is 0 Å². The maximum absolute atomic E-state index is 13.2. The normalized spacial score (nSPS) is 27.2. The zero-order valence-corrected chi connectivity index (χ0v) is 16.4. The molecule has 0 aromatic carbocycles. The molecule has 5 nitrogen and oxygen atoms in total. The van der Waals surface area contributed by atoms with Crippen molar-refractivity contribution >= 4 is 23.6 Å². The van der Waals surface area contributed by atoms with E-state index >= 15 is 0 Å². The molecule has 1 unspecified atom stereocenters. The molecule has 3 heterocycles. The van der Waals surface area contributed by atoms with Gasteiger partial charge in [0.15, 0.2) is 0 Å². The largest absolute Gasteiger partial charge is 0.343 e. The van der Waals surface area contributed by atoms with Crippen LogP contribution < -0.4 is 0 Å². The average molecular weight is 368 g/mol.